The highest BCUT2D eigenvalue weighted by Gasteiger charge is 2.21. The van der Waals surface area contributed by atoms with Crippen LogP contribution >= 0.6 is 11.6 Å². The number of rotatable bonds is 3. The van der Waals surface area contributed by atoms with Gasteiger partial charge in [0.25, 0.3) is 5.69 Å². The molecule has 2 heterocycles. The number of hydrogen-bond donors (Lipinski definition) is 1. The molecule has 0 unspecified atom stereocenters. The number of hydrogen-bond acceptors (Lipinski definition) is 6. The van der Waals surface area contributed by atoms with Gasteiger partial charge in [0.2, 0.25) is 5.36 Å². The van der Waals surface area contributed by atoms with Crippen LogP contribution in [0, 0.1) is 24.1 Å². The van der Waals surface area contributed by atoms with E-state index in [4.69, 9.17) is 34.7 Å². The van der Waals surface area contributed by atoms with Crippen LogP contribution < -0.4 is 34.5 Å². The molecule has 0 aliphatic carbocycles. The third kappa shape index (κ3) is 6.22. The van der Waals surface area contributed by atoms with Crippen LogP contribution in [0.5, 0.6) is 0 Å². The summed E-state index contributed by atoms with van der Waals surface area (Å²) in [4.78, 5) is 16.9. The second-order valence-corrected chi connectivity index (χ2v) is 9.66. The summed E-state index contributed by atoms with van der Waals surface area (Å²) in [6, 6.07) is 25.1. The highest BCUT2D eigenvalue weighted by molar-refractivity contribution is 6.30. The monoisotopic (exact) mass is 555 g/mol. The van der Waals surface area contributed by atoms with Crippen molar-refractivity contribution < 1.29 is 38.3 Å². The fraction of sp³-hybridized carbons (Fsp3) is 0.111. The maximum atomic E-state index is 13.5. The molecule has 1 N–H and O–H groups in total. The number of benzene rings is 3. The quantitative estimate of drug-likeness (QED) is 0.315. The van der Waals surface area contributed by atoms with Gasteiger partial charge >= 0.3 is 5.56 Å². The second-order valence-electron chi connectivity index (χ2n) is 8.47. The van der Waals surface area contributed by atoms with Gasteiger partial charge < -0.3 is 4.42 Å². The minimum absolute atomic E-state index is 0.115. The largest absolute Gasteiger partial charge is 0.456 e. The standard InChI is InChI=1S/C27H22ClN3O2.ClHO4/c1-17-9-14-24-22(15-17)23(16-25(33-24)19-10-12-20(28)13-11-19)29-26-18(2)30(3)31(27(26)32)21-7-5-4-6-8-21;2-1(3,4)5/h4-16H,1-3H3;(H,2,3,4,5). The molecule has 0 saturated carbocycles. The minimum atomic E-state index is -4.94. The van der Waals surface area contributed by atoms with E-state index in [9.17, 15) is 4.79 Å². The van der Waals surface area contributed by atoms with Gasteiger partial charge in [-0.25, -0.2) is 23.3 Å². The first-order valence-electron chi connectivity index (χ1n) is 11.3. The normalized spacial score (nSPS) is 11.9. The average molecular weight is 556 g/mol. The molecule has 38 heavy (non-hydrogen) atoms. The Balaban J connectivity index is 0.000000617. The van der Waals surface area contributed by atoms with Gasteiger partial charge in [0.15, 0.2) is 0 Å². The van der Waals surface area contributed by atoms with Crippen LogP contribution in [0.2, 0.25) is 5.02 Å². The molecule has 0 fully saturated rings. The fourth-order valence-corrected chi connectivity index (χ4v) is 4.13. The molecule has 2 aromatic heterocycles. The third-order valence-corrected chi connectivity index (χ3v) is 6.12. The first-order chi connectivity index (χ1) is 17.9. The zero-order valence-electron chi connectivity index (χ0n) is 20.6. The molecule has 5 rings (SSSR count). The highest BCUT2D eigenvalue weighted by Crippen LogP contribution is 2.24. The van der Waals surface area contributed by atoms with Gasteiger partial charge in [0, 0.05) is 17.6 Å². The van der Waals surface area contributed by atoms with Crippen LogP contribution in [0.1, 0.15) is 11.3 Å². The van der Waals surface area contributed by atoms with E-state index in [-0.39, 0.29) is 5.56 Å². The number of nitrogens with one attached hydrogen (secondary N) is 1. The smallest absolute Gasteiger partial charge is 0.343 e. The lowest BCUT2D eigenvalue weighted by atomic mass is 10.1. The lowest BCUT2D eigenvalue weighted by molar-refractivity contribution is -2.00. The molecule has 0 radical (unpaired) electrons. The van der Waals surface area contributed by atoms with E-state index in [1.54, 1.807) is 4.68 Å². The molecule has 0 bridgehead atoms. The summed E-state index contributed by atoms with van der Waals surface area (Å²) in [7, 11) is -3.06. The first kappa shape index (κ1) is 27.3. The van der Waals surface area contributed by atoms with E-state index in [0.29, 0.717) is 16.5 Å². The van der Waals surface area contributed by atoms with Gasteiger partial charge in [-0.3, -0.25) is 9.48 Å². The molecule has 5 aromatic rings. The van der Waals surface area contributed by atoms with Crippen LogP contribution in [-0.2, 0) is 7.05 Å². The zero-order valence-corrected chi connectivity index (χ0v) is 22.1. The van der Waals surface area contributed by atoms with E-state index in [1.165, 1.54) is 0 Å². The van der Waals surface area contributed by atoms with Crippen molar-refractivity contribution >= 4 is 28.3 Å². The first-order valence-corrected chi connectivity index (χ1v) is 12.9. The van der Waals surface area contributed by atoms with E-state index in [1.807, 2.05) is 98.4 Å². The molecule has 0 aliphatic heterocycles. The summed E-state index contributed by atoms with van der Waals surface area (Å²) in [6.07, 6.45) is 0. The molecule has 0 saturated heterocycles. The molecule has 196 valence electrons. The van der Waals surface area contributed by atoms with Crippen molar-refractivity contribution in [3.8, 4) is 17.0 Å². The van der Waals surface area contributed by atoms with Crippen molar-refractivity contribution in [1.29, 1.82) is 0 Å². The van der Waals surface area contributed by atoms with Gasteiger partial charge in [-0.2, -0.15) is 4.99 Å². The van der Waals surface area contributed by atoms with Crippen molar-refractivity contribution in [3.63, 3.8) is 0 Å². The lowest BCUT2D eigenvalue weighted by Crippen LogP contribution is -2.72. The Bertz CT molecular complexity index is 1710. The van der Waals surface area contributed by atoms with Crippen LogP contribution in [0.3, 0.4) is 0 Å². The minimum Gasteiger partial charge on any atom is -0.456 e. The predicted octanol–water partition coefficient (Wildman–Crippen LogP) is -0.584. The van der Waals surface area contributed by atoms with Gasteiger partial charge in [0.05, 0.1) is 17.1 Å². The van der Waals surface area contributed by atoms with Crippen molar-refractivity contribution in [2.45, 2.75) is 13.8 Å². The zero-order chi connectivity index (χ0) is 27.6. The summed E-state index contributed by atoms with van der Waals surface area (Å²) in [5, 5.41) is 2.37. The Morgan fingerprint density at radius 3 is 2.16 bits per heavy atom. The number of nitrogens with zero attached hydrogens (tertiary/aromatic N) is 2. The van der Waals surface area contributed by atoms with Crippen molar-refractivity contribution in [1.82, 2.24) is 9.36 Å². The predicted molar refractivity (Wildman–Crippen MR) is 131 cm³/mol. The lowest BCUT2D eigenvalue weighted by Gasteiger charge is -2.17. The summed E-state index contributed by atoms with van der Waals surface area (Å²) in [5.41, 5.74) is 4.79. The Kier molecular flexibility index (Phi) is 7.89. The SMILES string of the molecule is Cc1ccc2oc(-c3ccc(Cl)cc3)cc(=[NH+]c3c(C)n(C)n(-c4ccccc4)c3=O)c2c1.[O-][Cl+3]([O-])([O-])[O-]. The van der Waals surface area contributed by atoms with E-state index in [0.717, 1.165) is 38.8 Å². The number of fused-ring (bicyclic) bond motifs is 1. The van der Waals surface area contributed by atoms with Crippen molar-refractivity contribution in [2.75, 3.05) is 0 Å². The van der Waals surface area contributed by atoms with Crippen LogP contribution in [-0.4, -0.2) is 9.36 Å². The van der Waals surface area contributed by atoms with E-state index in [2.05, 4.69) is 11.1 Å². The van der Waals surface area contributed by atoms with Crippen LogP contribution in [0.25, 0.3) is 28.0 Å². The van der Waals surface area contributed by atoms with Crippen LogP contribution in [0.15, 0.2) is 88.1 Å². The second kappa shape index (κ2) is 11.0. The Hall–Kier alpha value is -3.70. The molecular weight excluding hydrogens is 533 g/mol. The molecule has 9 nitrogen and oxygen atoms in total. The van der Waals surface area contributed by atoms with Crippen molar-refractivity contribution in [2.24, 2.45) is 7.05 Å². The van der Waals surface area contributed by atoms with Gasteiger partial charge in [0.1, 0.15) is 17.0 Å². The number of halogens is 2. The molecule has 3 aromatic carbocycles. The van der Waals surface area contributed by atoms with E-state index >= 15 is 0 Å². The topological polar surface area (TPSA) is 146 Å². The van der Waals surface area contributed by atoms with E-state index < -0.39 is 10.2 Å². The molecule has 0 spiro atoms. The summed E-state index contributed by atoms with van der Waals surface area (Å²) in [5.74, 6) is 0.683. The molecule has 11 heteroatoms. The maximum Gasteiger partial charge on any atom is 0.343 e. The van der Waals surface area contributed by atoms with Gasteiger partial charge in [-0.1, -0.05) is 41.4 Å². The third-order valence-electron chi connectivity index (χ3n) is 5.86. The van der Waals surface area contributed by atoms with Gasteiger partial charge in [-0.15, -0.1) is 10.2 Å². The molecular formula is C27H23Cl2N3O6. The molecule has 0 atom stereocenters. The van der Waals surface area contributed by atoms with Crippen LogP contribution in [0.4, 0.5) is 5.69 Å². The molecule has 0 amide bonds. The summed E-state index contributed by atoms with van der Waals surface area (Å²) in [6.45, 7) is 3.97. The Morgan fingerprint density at radius 2 is 1.53 bits per heavy atom. The molecule has 0 aliphatic rings. The van der Waals surface area contributed by atoms with Crippen molar-refractivity contribution in [3.05, 3.63) is 111 Å². The Labute approximate surface area is 224 Å². The highest BCUT2D eigenvalue weighted by atomic mass is 35.7. The average Bonchev–Trinajstić information content (AvgIpc) is 3.07. The maximum absolute atomic E-state index is 13.5. The number of aryl methyl sites for hydroxylation is 1. The van der Waals surface area contributed by atoms with Gasteiger partial charge in [-0.05, 0) is 62.4 Å². The summed E-state index contributed by atoms with van der Waals surface area (Å²) >= 11 is 6.07. The summed E-state index contributed by atoms with van der Waals surface area (Å²) < 4.78 is 43.7. The number of aromatic nitrogens is 2. The Morgan fingerprint density at radius 1 is 0.895 bits per heavy atom. The fourth-order valence-electron chi connectivity index (χ4n) is 4.01. The number of para-hydroxylation sites is 1.